The average Bonchev–Trinajstić information content (AvgIpc) is 2.91. The van der Waals surface area contributed by atoms with Gasteiger partial charge in [0.2, 0.25) is 0 Å². The molecule has 0 radical (unpaired) electrons. The number of non-ortho nitro benzene ring substituents is 1. The van der Waals surface area contributed by atoms with Crippen LogP contribution < -0.4 is 10.1 Å². The quantitative estimate of drug-likeness (QED) is 0.695. The number of fused-ring (bicyclic) bond motifs is 1. The normalized spacial score (nSPS) is 15.9. The van der Waals surface area contributed by atoms with Gasteiger partial charge in [0.15, 0.2) is 0 Å². The van der Waals surface area contributed by atoms with Crippen LogP contribution in [0.15, 0.2) is 48.5 Å². The van der Waals surface area contributed by atoms with Gasteiger partial charge in [0.25, 0.3) is 5.69 Å². The number of ether oxygens (including phenoxy) is 1. The number of hydrogen-bond donors (Lipinski definition) is 1. The van der Waals surface area contributed by atoms with Crippen LogP contribution in [0.5, 0.6) is 5.75 Å². The van der Waals surface area contributed by atoms with Crippen molar-refractivity contribution in [3.63, 3.8) is 0 Å². The fourth-order valence-corrected chi connectivity index (χ4v) is 2.62. The summed E-state index contributed by atoms with van der Waals surface area (Å²) < 4.78 is 5.15. The van der Waals surface area contributed by atoms with Crippen LogP contribution in [0.25, 0.3) is 0 Å². The van der Waals surface area contributed by atoms with Crippen molar-refractivity contribution in [2.45, 2.75) is 18.9 Å². The van der Waals surface area contributed by atoms with E-state index in [0.717, 1.165) is 18.4 Å². The van der Waals surface area contributed by atoms with E-state index in [1.165, 1.54) is 29.8 Å². The largest absolute Gasteiger partial charge is 0.413 e. The number of carbonyl (C=O) groups is 1. The van der Waals surface area contributed by atoms with Crippen molar-refractivity contribution in [2.75, 3.05) is 0 Å². The monoisotopic (exact) mass is 298 g/mol. The highest BCUT2D eigenvalue weighted by molar-refractivity contribution is 5.71. The Morgan fingerprint density at radius 2 is 1.91 bits per heavy atom. The predicted molar refractivity (Wildman–Crippen MR) is 79.8 cm³/mol. The highest BCUT2D eigenvalue weighted by Gasteiger charge is 2.24. The summed E-state index contributed by atoms with van der Waals surface area (Å²) in [6.07, 6.45) is 1.21. The van der Waals surface area contributed by atoms with Gasteiger partial charge in [-0.3, -0.25) is 10.1 Å². The van der Waals surface area contributed by atoms with Gasteiger partial charge in [-0.05, 0) is 36.1 Å². The van der Waals surface area contributed by atoms with E-state index in [0.29, 0.717) is 0 Å². The molecule has 2 aromatic rings. The van der Waals surface area contributed by atoms with E-state index in [9.17, 15) is 14.9 Å². The molecule has 3 rings (SSSR count). The van der Waals surface area contributed by atoms with Crippen LogP contribution >= 0.6 is 0 Å². The van der Waals surface area contributed by atoms with E-state index in [1.807, 2.05) is 18.2 Å². The second-order valence-corrected chi connectivity index (χ2v) is 5.07. The SMILES string of the molecule is O=C(NC1CCc2ccccc21)Oc1ccc([N+](=O)[O-])cc1. The Labute approximate surface area is 126 Å². The van der Waals surface area contributed by atoms with Crippen LogP contribution in [0, 0.1) is 10.1 Å². The number of nitro groups is 1. The standard InChI is InChI=1S/C16H14N2O4/c19-16(22-13-8-6-12(7-9-13)18(20)21)17-15-10-5-11-3-1-2-4-14(11)15/h1-4,6-9,15H,5,10H2,(H,17,19). The van der Waals surface area contributed by atoms with E-state index in [4.69, 9.17) is 4.74 Å². The minimum atomic E-state index is -0.560. The lowest BCUT2D eigenvalue weighted by Crippen LogP contribution is -2.29. The van der Waals surface area contributed by atoms with Gasteiger partial charge in [0, 0.05) is 12.1 Å². The van der Waals surface area contributed by atoms with E-state index in [2.05, 4.69) is 11.4 Å². The maximum Gasteiger partial charge on any atom is 0.413 e. The van der Waals surface area contributed by atoms with Gasteiger partial charge in [-0.1, -0.05) is 24.3 Å². The third kappa shape index (κ3) is 2.90. The van der Waals surface area contributed by atoms with Crippen molar-refractivity contribution in [3.8, 4) is 5.75 Å². The van der Waals surface area contributed by atoms with Gasteiger partial charge in [-0.2, -0.15) is 0 Å². The van der Waals surface area contributed by atoms with Crippen LogP contribution in [0.3, 0.4) is 0 Å². The zero-order valence-electron chi connectivity index (χ0n) is 11.7. The molecule has 0 fully saturated rings. The molecule has 0 aliphatic heterocycles. The minimum absolute atomic E-state index is 0.0440. The van der Waals surface area contributed by atoms with Crippen molar-refractivity contribution in [1.82, 2.24) is 5.32 Å². The molecule has 1 aliphatic carbocycles. The summed E-state index contributed by atoms with van der Waals surface area (Å²) in [4.78, 5) is 22.0. The van der Waals surface area contributed by atoms with Crippen molar-refractivity contribution in [3.05, 3.63) is 69.8 Å². The third-order valence-corrected chi connectivity index (χ3v) is 3.68. The number of nitro benzene ring substituents is 1. The topological polar surface area (TPSA) is 81.5 Å². The highest BCUT2D eigenvalue weighted by atomic mass is 16.6. The molecule has 2 aromatic carbocycles. The van der Waals surface area contributed by atoms with Gasteiger partial charge >= 0.3 is 6.09 Å². The molecule has 22 heavy (non-hydrogen) atoms. The number of benzene rings is 2. The molecular weight excluding hydrogens is 284 g/mol. The summed E-state index contributed by atoms with van der Waals surface area (Å²) in [5, 5.41) is 13.4. The van der Waals surface area contributed by atoms with Crippen LogP contribution in [0.1, 0.15) is 23.6 Å². The predicted octanol–water partition coefficient (Wildman–Crippen LogP) is 3.37. The molecule has 1 aliphatic rings. The van der Waals surface area contributed by atoms with Crippen LogP contribution in [-0.2, 0) is 6.42 Å². The zero-order chi connectivity index (χ0) is 15.5. The number of aryl methyl sites for hydroxylation is 1. The van der Waals surface area contributed by atoms with Crippen LogP contribution in [-0.4, -0.2) is 11.0 Å². The van der Waals surface area contributed by atoms with Gasteiger partial charge < -0.3 is 10.1 Å². The fraction of sp³-hybridized carbons (Fsp3) is 0.188. The molecule has 0 saturated carbocycles. The molecule has 6 heteroatoms. The zero-order valence-corrected chi connectivity index (χ0v) is 11.7. The molecule has 0 bridgehead atoms. The molecule has 0 aromatic heterocycles. The molecule has 6 nitrogen and oxygen atoms in total. The lowest BCUT2D eigenvalue weighted by atomic mass is 10.1. The van der Waals surface area contributed by atoms with Crippen LogP contribution in [0.4, 0.5) is 10.5 Å². The Morgan fingerprint density at radius 3 is 2.64 bits per heavy atom. The summed E-state index contributed by atoms with van der Waals surface area (Å²) in [6, 6.07) is 13.3. The third-order valence-electron chi connectivity index (χ3n) is 3.68. The summed E-state index contributed by atoms with van der Waals surface area (Å²) >= 11 is 0. The first-order valence-corrected chi connectivity index (χ1v) is 6.94. The Kier molecular flexibility index (Phi) is 3.74. The molecule has 1 unspecified atom stereocenters. The molecule has 1 atom stereocenters. The summed E-state index contributed by atoms with van der Waals surface area (Å²) in [5.41, 5.74) is 2.31. The first kappa shape index (κ1) is 14.1. The smallest absolute Gasteiger partial charge is 0.410 e. The van der Waals surface area contributed by atoms with E-state index < -0.39 is 11.0 Å². The molecule has 0 spiro atoms. The van der Waals surface area contributed by atoms with Crippen LogP contribution in [0.2, 0.25) is 0 Å². The Hall–Kier alpha value is -2.89. The van der Waals surface area contributed by atoms with Gasteiger partial charge in [-0.15, -0.1) is 0 Å². The Bertz CT molecular complexity index is 712. The number of carbonyl (C=O) groups excluding carboxylic acids is 1. The summed E-state index contributed by atoms with van der Waals surface area (Å²) in [7, 11) is 0. The van der Waals surface area contributed by atoms with Gasteiger partial charge in [0.05, 0.1) is 11.0 Å². The average molecular weight is 298 g/mol. The number of amides is 1. The molecule has 112 valence electrons. The van der Waals surface area contributed by atoms with E-state index in [1.54, 1.807) is 0 Å². The number of hydrogen-bond acceptors (Lipinski definition) is 4. The lowest BCUT2D eigenvalue weighted by Gasteiger charge is -2.13. The van der Waals surface area contributed by atoms with Crippen molar-refractivity contribution < 1.29 is 14.5 Å². The van der Waals surface area contributed by atoms with E-state index in [-0.39, 0.29) is 17.5 Å². The number of nitrogens with one attached hydrogen (secondary N) is 1. The number of rotatable bonds is 3. The molecule has 1 amide bonds. The lowest BCUT2D eigenvalue weighted by molar-refractivity contribution is -0.384. The summed E-state index contributed by atoms with van der Waals surface area (Å²) in [5.74, 6) is 0.273. The highest BCUT2D eigenvalue weighted by Crippen LogP contribution is 2.30. The van der Waals surface area contributed by atoms with Gasteiger partial charge in [-0.25, -0.2) is 4.79 Å². The fourth-order valence-electron chi connectivity index (χ4n) is 2.62. The Morgan fingerprint density at radius 1 is 1.18 bits per heavy atom. The van der Waals surface area contributed by atoms with Crippen molar-refractivity contribution in [1.29, 1.82) is 0 Å². The first-order valence-electron chi connectivity index (χ1n) is 6.94. The molecule has 0 heterocycles. The minimum Gasteiger partial charge on any atom is -0.410 e. The summed E-state index contributed by atoms with van der Waals surface area (Å²) in [6.45, 7) is 0. The maximum atomic E-state index is 11.9. The van der Waals surface area contributed by atoms with Gasteiger partial charge in [0.1, 0.15) is 5.75 Å². The second-order valence-electron chi connectivity index (χ2n) is 5.07. The van der Waals surface area contributed by atoms with Crippen molar-refractivity contribution >= 4 is 11.8 Å². The van der Waals surface area contributed by atoms with Crippen molar-refractivity contribution in [2.24, 2.45) is 0 Å². The molecular formula is C16H14N2O4. The molecule has 0 saturated heterocycles. The maximum absolute atomic E-state index is 11.9. The Balaban J connectivity index is 1.62. The first-order chi connectivity index (χ1) is 10.6. The van der Waals surface area contributed by atoms with E-state index >= 15 is 0 Å². The number of nitrogens with zero attached hydrogens (tertiary/aromatic N) is 1. The molecule has 1 N–H and O–H groups in total. The second kappa shape index (κ2) is 5.85.